The second-order valence-electron chi connectivity index (χ2n) is 5.42. The number of nitrogens with zero attached hydrogens (tertiary/aromatic N) is 3. The van der Waals surface area contributed by atoms with E-state index >= 15 is 0 Å². The first kappa shape index (κ1) is 14.9. The molecule has 0 aliphatic carbocycles. The summed E-state index contributed by atoms with van der Waals surface area (Å²) in [7, 11) is 1.95. The van der Waals surface area contributed by atoms with Gasteiger partial charge in [0.1, 0.15) is 17.0 Å². The van der Waals surface area contributed by atoms with Crippen LogP contribution in [-0.4, -0.2) is 35.3 Å². The number of aliphatic hydroxyl groups is 1. The summed E-state index contributed by atoms with van der Waals surface area (Å²) < 4.78 is 0. The average molecular weight is 313 g/mol. The Morgan fingerprint density at radius 3 is 2.55 bits per heavy atom. The Hall–Kier alpha value is -1.98. The summed E-state index contributed by atoms with van der Waals surface area (Å²) in [6, 6.07) is 8.54. The topological polar surface area (TPSA) is 49.2 Å². The van der Waals surface area contributed by atoms with E-state index in [0.717, 1.165) is 16.0 Å². The lowest BCUT2D eigenvalue weighted by Crippen LogP contribution is -2.22. The number of anilines is 1. The van der Waals surface area contributed by atoms with Crippen molar-refractivity contribution in [3.8, 4) is 11.1 Å². The van der Waals surface area contributed by atoms with E-state index in [1.807, 2.05) is 11.9 Å². The third kappa shape index (κ3) is 2.58. The van der Waals surface area contributed by atoms with Crippen LogP contribution in [-0.2, 0) is 0 Å². The van der Waals surface area contributed by atoms with Crippen molar-refractivity contribution < 1.29 is 5.11 Å². The number of rotatable bonds is 4. The number of likely N-dealkylation sites (N-methyl/N-ethyl adjacent to an activating group) is 1. The van der Waals surface area contributed by atoms with Crippen molar-refractivity contribution in [1.82, 2.24) is 9.97 Å². The van der Waals surface area contributed by atoms with Gasteiger partial charge in [-0.2, -0.15) is 0 Å². The Kier molecular flexibility index (Phi) is 4.09. The zero-order valence-corrected chi connectivity index (χ0v) is 13.8. The average Bonchev–Trinajstić information content (AvgIpc) is 2.84. The maximum absolute atomic E-state index is 9.21. The molecule has 0 amide bonds. The van der Waals surface area contributed by atoms with Gasteiger partial charge in [-0.25, -0.2) is 9.97 Å². The smallest absolute Gasteiger partial charge is 0.141 e. The van der Waals surface area contributed by atoms with Gasteiger partial charge in [-0.1, -0.05) is 29.8 Å². The molecule has 5 heteroatoms. The number of aliphatic hydroxyl groups excluding tert-OH is 1. The van der Waals surface area contributed by atoms with Crippen LogP contribution in [0.2, 0.25) is 0 Å². The molecule has 0 aliphatic heterocycles. The highest BCUT2D eigenvalue weighted by molar-refractivity contribution is 7.19. The lowest BCUT2D eigenvalue weighted by Gasteiger charge is -2.18. The second-order valence-corrected chi connectivity index (χ2v) is 6.63. The van der Waals surface area contributed by atoms with E-state index in [0.29, 0.717) is 6.54 Å². The van der Waals surface area contributed by atoms with Crippen LogP contribution in [0.4, 0.5) is 5.82 Å². The molecule has 1 aromatic carbocycles. The van der Waals surface area contributed by atoms with E-state index in [1.54, 1.807) is 17.7 Å². The van der Waals surface area contributed by atoms with Crippen LogP contribution in [0.5, 0.6) is 0 Å². The fraction of sp³-hybridized carbons (Fsp3) is 0.294. The van der Waals surface area contributed by atoms with E-state index in [-0.39, 0.29) is 6.61 Å². The van der Waals surface area contributed by atoms with Gasteiger partial charge in [0.05, 0.1) is 12.0 Å². The summed E-state index contributed by atoms with van der Waals surface area (Å²) in [5.41, 5.74) is 3.62. The highest BCUT2D eigenvalue weighted by atomic mass is 32.1. The quantitative estimate of drug-likeness (QED) is 0.802. The van der Waals surface area contributed by atoms with Gasteiger partial charge in [0, 0.05) is 24.0 Å². The minimum absolute atomic E-state index is 0.102. The molecule has 0 saturated carbocycles. The van der Waals surface area contributed by atoms with Crippen molar-refractivity contribution in [2.75, 3.05) is 25.1 Å². The largest absolute Gasteiger partial charge is 0.395 e. The third-order valence-corrected chi connectivity index (χ3v) is 4.79. The van der Waals surface area contributed by atoms with Crippen LogP contribution >= 0.6 is 11.3 Å². The number of hydrogen-bond acceptors (Lipinski definition) is 5. The molecule has 22 heavy (non-hydrogen) atoms. The molecule has 0 atom stereocenters. The number of fused-ring (bicyclic) bond motifs is 1. The van der Waals surface area contributed by atoms with Crippen LogP contribution in [0.1, 0.15) is 10.4 Å². The number of benzene rings is 1. The highest BCUT2D eigenvalue weighted by Crippen LogP contribution is 2.41. The summed E-state index contributed by atoms with van der Waals surface area (Å²) in [6.07, 6.45) is 1.60. The third-order valence-electron chi connectivity index (χ3n) is 3.78. The number of aryl methyl sites for hydroxylation is 2. The molecule has 4 nitrogen and oxygen atoms in total. The van der Waals surface area contributed by atoms with Crippen LogP contribution < -0.4 is 4.90 Å². The Bertz CT molecular complexity index is 796. The zero-order valence-electron chi connectivity index (χ0n) is 13.0. The second kappa shape index (κ2) is 6.02. The molecular weight excluding hydrogens is 294 g/mol. The predicted octanol–water partition coefficient (Wildman–Crippen LogP) is 3.40. The Morgan fingerprint density at radius 2 is 1.86 bits per heavy atom. The molecule has 0 fully saturated rings. The van der Waals surface area contributed by atoms with Crippen molar-refractivity contribution >= 4 is 27.4 Å². The summed E-state index contributed by atoms with van der Waals surface area (Å²) in [4.78, 5) is 13.1. The Labute approximate surface area is 134 Å². The lowest BCUT2D eigenvalue weighted by molar-refractivity contribution is 0.304. The normalized spacial score (nSPS) is 11.1. The molecular formula is C17H19N3OS. The van der Waals surface area contributed by atoms with Crippen molar-refractivity contribution in [1.29, 1.82) is 0 Å². The van der Waals surface area contributed by atoms with Crippen LogP contribution in [0.3, 0.4) is 0 Å². The Balaban J connectivity index is 2.25. The van der Waals surface area contributed by atoms with Crippen LogP contribution in [0.25, 0.3) is 21.3 Å². The van der Waals surface area contributed by atoms with Crippen LogP contribution in [0, 0.1) is 13.8 Å². The molecule has 0 unspecified atom stereocenters. The predicted molar refractivity (Wildman–Crippen MR) is 92.7 cm³/mol. The van der Waals surface area contributed by atoms with Crippen molar-refractivity contribution in [2.24, 2.45) is 0 Å². The first-order valence-electron chi connectivity index (χ1n) is 7.25. The fourth-order valence-corrected chi connectivity index (χ4v) is 3.65. The number of aromatic nitrogens is 2. The first-order chi connectivity index (χ1) is 10.6. The molecule has 2 aromatic heterocycles. The van der Waals surface area contributed by atoms with E-state index in [1.165, 1.54) is 21.6 Å². The van der Waals surface area contributed by atoms with E-state index in [2.05, 4.69) is 48.1 Å². The van der Waals surface area contributed by atoms with Gasteiger partial charge in [0.15, 0.2) is 0 Å². The fourth-order valence-electron chi connectivity index (χ4n) is 2.64. The van der Waals surface area contributed by atoms with Gasteiger partial charge in [-0.15, -0.1) is 11.3 Å². The van der Waals surface area contributed by atoms with Gasteiger partial charge in [-0.3, -0.25) is 0 Å². The summed E-state index contributed by atoms with van der Waals surface area (Å²) in [5.74, 6) is 0.874. The summed E-state index contributed by atoms with van der Waals surface area (Å²) in [6.45, 7) is 4.86. The van der Waals surface area contributed by atoms with Gasteiger partial charge in [0.2, 0.25) is 0 Å². The lowest BCUT2D eigenvalue weighted by atomic mass is 10.0. The molecule has 3 rings (SSSR count). The number of hydrogen-bond donors (Lipinski definition) is 1. The van der Waals surface area contributed by atoms with Gasteiger partial charge in [-0.05, 0) is 19.4 Å². The monoisotopic (exact) mass is 313 g/mol. The highest BCUT2D eigenvalue weighted by Gasteiger charge is 2.18. The minimum Gasteiger partial charge on any atom is -0.395 e. The maximum Gasteiger partial charge on any atom is 0.141 e. The van der Waals surface area contributed by atoms with Crippen molar-refractivity contribution in [2.45, 2.75) is 13.8 Å². The first-order valence-corrected chi connectivity index (χ1v) is 8.06. The molecule has 114 valence electrons. The molecule has 0 radical (unpaired) electrons. The van der Waals surface area contributed by atoms with Gasteiger partial charge >= 0.3 is 0 Å². The minimum atomic E-state index is 0.102. The molecule has 1 N–H and O–H groups in total. The number of thiophene rings is 1. The zero-order chi connectivity index (χ0) is 15.7. The van der Waals surface area contributed by atoms with Crippen molar-refractivity contribution in [3.63, 3.8) is 0 Å². The van der Waals surface area contributed by atoms with Crippen molar-refractivity contribution in [3.05, 3.63) is 41.0 Å². The molecule has 0 saturated heterocycles. The standard InChI is InChI=1S/C17H19N3OS/c1-11-4-6-13(7-5-11)14-12(2)22-17-15(14)16(18-10-19-17)20(3)8-9-21/h4-7,10,21H,8-9H2,1-3H3. The molecule has 0 bridgehead atoms. The maximum atomic E-state index is 9.21. The molecule has 0 aliphatic rings. The van der Waals surface area contributed by atoms with E-state index < -0.39 is 0 Å². The molecule has 0 spiro atoms. The molecule has 3 aromatic rings. The summed E-state index contributed by atoms with van der Waals surface area (Å²) in [5, 5.41) is 10.3. The van der Waals surface area contributed by atoms with Gasteiger partial charge in [0.25, 0.3) is 0 Å². The van der Waals surface area contributed by atoms with E-state index in [4.69, 9.17) is 0 Å². The van der Waals surface area contributed by atoms with Crippen LogP contribution in [0.15, 0.2) is 30.6 Å². The Morgan fingerprint density at radius 1 is 1.14 bits per heavy atom. The summed E-state index contributed by atoms with van der Waals surface area (Å²) >= 11 is 1.69. The van der Waals surface area contributed by atoms with Gasteiger partial charge < -0.3 is 10.0 Å². The SMILES string of the molecule is Cc1ccc(-c2c(C)sc3ncnc(N(C)CCO)c23)cc1. The molecule has 2 heterocycles. The van der Waals surface area contributed by atoms with E-state index in [9.17, 15) is 5.11 Å².